The molecule has 23 nitrogen and oxygen atoms in total. The average Bonchev–Trinajstić information content (AvgIpc) is 0.889. The summed E-state index contributed by atoms with van der Waals surface area (Å²) in [6.07, 6.45) is 18.0. The van der Waals surface area contributed by atoms with Crippen molar-refractivity contribution in [1.82, 2.24) is 10.6 Å². The van der Waals surface area contributed by atoms with E-state index in [1.807, 2.05) is 6.08 Å². The van der Waals surface area contributed by atoms with E-state index in [0.29, 0.717) is 12.8 Å². The number of hydrogen-bond acceptors (Lipinski definition) is 20. The van der Waals surface area contributed by atoms with Crippen molar-refractivity contribution in [3.8, 4) is 0 Å². The van der Waals surface area contributed by atoms with Gasteiger partial charge in [0.25, 0.3) is 5.79 Å². The van der Waals surface area contributed by atoms with Crippen molar-refractivity contribution in [2.45, 2.75) is 355 Å². The van der Waals surface area contributed by atoms with Gasteiger partial charge < -0.3 is 100 Å². The molecule has 6 unspecified atom stereocenters. The average molecular weight is 1290 g/mol. The number of amides is 2. The third kappa shape index (κ3) is 30.3. The van der Waals surface area contributed by atoms with Crippen LogP contribution in [0.3, 0.4) is 0 Å². The van der Waals surface area contributed by atoms with Gasteiger partial charge in [0, 0.05) is 19.8 Å². The zero-order valence-corrected chi connectivity index (χ0v) is 54.7. The Hall–Kier alpha value is -2.79. The number of hydrogen-bond donors (Lipinski definition) is 14. The number of rotatable bonds is 52. The SMILES string of the molecule is CCCCCCCC/C=C\CCCCCCCCCCCCCCCC(=O)N[C@@H](CO[C@@H]1OC(CO)[C@@H](O[C@@H]2OC(CO)[C@H](O)[C@H](O[C@]3(C(=O)O)CC(O)[C@@H](NC(C)=O)C([C@H](O)[C@H](O)CO)O3)C2O)[C@H](O)C1O)[C@H](O)/C=C/CCCCCCCCCCCCC. The van der Waals surface area contributed by atoms with Gasteiger partial charge in [0.2, 0.25) is 11.8 Å². The molecule has 0 aromatic heterocycles. The molecule has 18 atom stereocenters. The Morgan fingerprint density at radius 1 is 0.578 bits per heavy atom. The largest absolute Gasteiger partial charge is 0.477 e. The Bertz CT molecular complexity index is 1920. The fourth-order valence-corrected chi connectivity index (χ4v) is 12.1. The summed E-state index contributed by atoms with van der Waals surface area (Å²) in [5.41, 5.74) is 0. The standard InChI is InChI=1S/C67H122N2O21/c1-4-6-8-10-12-14-16-18-19-20-21-22-23-24-25-26-27-29-31-33-35-37-39-41-54(77)69-48(49(74)40-38-36-34-32-30-28-17-15-13-11-9-7-5-2)46-85-64-59(81)58(80)61(53(45-72)87-64)88-65-60(82)63(57(79)52(44-71)86-65)90-67(66(83)84)42-50(75)55(68-47(3)73)62(89-67)56(78)51(76)43-70/h18-19,38,40,48-53,55-65,70-72,74-76,78-82H,4-17,20-37,39,41-46H2,1-3H3,(H,68,73)(H,69,77)(H,83,84)/b19-18-,40-38+/t48-,49+,50?,51+,52?,53?,55+,56+,57-,58+,59?,60?,61+,62?,63-,64+,65-,67-/m0/s1. The molecule has 23 heteroatoms. The number of carbonyl (C=O) groups excluding carboxylic acids is 2. The maximum absolute atomic E-state index is 13.4. The number of nitrogens with one attached hydrogen (secondary N) is 2. The first kappa shape index (κ1) is 81.4. The summed E-state index contributed by atoms with van der Waals surface area (Å²) in [6.45, 7) is 2.12. The maximum atomic E-state index is 13.4. The van der Waals surface area contributed by atoms with Crippen molar-refractivity contribution in [1.29, 1.82) is 0 Å². The van der Waals surface area contributed by atoms with Crippen LogP contribution in [-0.4, -0.2) is 215 Å². The van der Waals surface area contributed by atoms with Crippen molar-refractivity contribution in [3.05, 3.63) is 24.3 Å². The normalized spacial score (nSPS) is 28.7. The first-order valence-electron chi connectivity index (χ1n) is 34.7. The molecule has 0 bridgehead atoms. The lowest BCUT2D eigenvalue weighted by Gasteiger charge is -2.50. The lowest BCUT2D eigenvalue weighted by Crippen LogP contribution is -2.70. The molecule has 3 saturated heterocycles. The predicted molar refractivity (Wildman–Crippen MR) is 338 cm³/mol. The Kier molecular flexibility index (Phi) is 43.4. The lowest BCUT2D eigenvalue weighted by atomic mass is 9.88. The Labute approximate surface area is 536 Å². The fourth-order valence-electron chi connectivity index (χ4n) is 12.1. The molecule has 0 aliphatic carbocycles. The number of unbranched alkanes of at least 4 members (excludes halogenated alkanes) is 30. The first-order chi connectivity index (χ1) is 43.4. The molecular weight excluding hydrogens is 1170 g/mol. The summed E-state index contributed by atoms with van der Waals surface area (Å²) in [7, 11) is 0. The summed E-state index contributed by atoms with van der Waals surface area (Å²) >= 11 is 0. The van der Waals surface area contributed by atoms with Crippen LogP contribution in [0.4, 0.5) is 0 Å². The Morgan fingerprint density at radius 3 is 1.51 bits per heavy atom. The van der Waals surface area contributed by atoms with E-state index >= 15 is 0 Å². The molecule has 0 aromatic rings. The van der Waals surface area contributed by atoms with E-state index in [-0.39, 0.29) is 12.3 Å². The maximum Gasteiger partial charge on any atom is 0.364 e. The topological polar surface area (TPSA) is 373 Å². The molecule has 3 fully saturated rings. The van der Waals surface area contributed by atoms with Gasteiger partial charge in [-0.2, -0.15) is 0 Å². The van der Waals surface area contributed by atoms with Gasteiger partial charge in [0.15, 0.2) is 12.6 Å². The quantitative estimate of drug-likeness (QED) is 0.0243. The van der Waals surface area contributed by atoms with E-state index in [0.717, 1.165) is 51.9 Å². The summed E-state index contributed by atoms with van der Waals surface area (Å²) < 4.78 is 34.8. The predicted octanol–water partition coefficient (Wildman–Crippen LogP) is 6.06. The van der Waals surface area contributed by atoms with Crippen molar-refractivity contribution in [2.75, 3.05) is 26.4 Å². The minimum atomic E-state index is -3.08. The summed E-state index contributed by atoms with van der Waals surface area (Å²) in [4.78, 5) is 38.5. The molecule has 3 heterocycles. The second-order valence-corrected chi connectivity index (χ2v) is 25.4. The second-order valence-electron chi connectivity index (χ2n) is 25.4. The van der Waals surface area contributed by atoms with Gasteiger partial charge in [-0.05, 0) is 44.9 Å². The van der Waals surface area contributed by atoms with E-state index < -0.39 is 155 Å². The van der Waals surface area contributed by atoms with E-state index in [1.165, 1.54) is 154 Å². The van der Waals surface area contributed by atoms with E-state index in [1.54, 1.807) is 6.08 Å². The van der Waals surface area contributed by atoms with E-state index in [4.69, 9.17) is 28.4 Å². The Balaban J connectivity index is 1.57. The minimum absolute atomic E-state index is 0.201. The molecule has 3 rings (SSSR count). The van der Waals surface area contributed by atoms with Crippen molar-refractivity contribution in [3.63, 3.8) is 0 Å². The van der Waals surface area contributed by atoms with Gasteiger partial charge in [0.05, 0.1) is 50.7 Å². The van der Waals surface area contributed by atoms with Gasteiger partial charge in [-0.1, -0.05) is 205 Å². The zero-order valence-electron chi connectivity index (χ0n) is 54.7. The van der Waals surface area contributed by atoms with Crippen molar-refractivity contribution in [2.24, 2.45) is 0 Å². The first-order valence-corrected chi connectivity index (χ1v) is 34.7. The number of aliphatic carboxylic acids is 1. The van der Waals surface area contributed by atoms with Gasteiger partial charge >= 0.3 is 5.97 Å². The lowest BCUT2D eigenvalue weighted by molar-refractivity contribution is -0.386. The van der Waals surface area contributed by atoms with Crippen LogP contribution in [-0.2, 0) is 42.8 Å². The van der Waals surface area contributed by atoms with Gasteiger partial charge in [-0.15, -0.1) is 0 Å². The van der Waals surface area contributed by atoms with Gasteiger partial charge in [-0.25, -0.2) is 4.79 Å². The number of carboxylic acids is 1. The third-order valence-corrected chi connectivity index (χ3v) is 17.6. The molecule has 14 N–H and O–H groups in total. The van der Waals surface area contributed by atoms with Crippen LogP contribution in [0.5, 0.6) is 0 Å². The molecule has 3 aliphatic heterocycles. The molecule has 0 aromatic carbocycles. The van der Waals surface area contributed by atoms with Crippen LogP contribution in [0, 0.1) is 0 Å². The van der Waals surface area contributed by atoms with Crippen LogP contribution in [0.2, 0.25) is 0 Å². The summed E-state index contributed by atoms with van der Waals surface area (Å²) in [6, 6.07) is -2.62. The van der Waals surface area contributed by atoms with Crippen LogP contribution >= 0.6 is 0 Å². The third-order valence-electron chi connectivity index (χ3n) is 17.6. The number of aliphatic hydroxyl groups is 11. The number of allylic oxidation sites excluding steroid dienone is 3. The number of ether oxygens (including phenoxy) is 6. The molecule has 2 amide bonds. The molecule has 0 saturated carbocycles. The second kappa shape index (κ2) is 48.0. The smallest absolute Gasteiger partial charge is 0.364 e. The molecule has 3 aliphatic rings. The number of aliphatic hydroxyl groups excluding tert-OH is 11. The number of carboxylic acid groups (broad SMARTS) is 1. The number of carbonyl (C=O) groups is 3. The summed E-state index contributed by atoms with van der Waals surface area (Å²) in [5, 5.41) is 136. The zero-order chi connectivity index (χ0) is 66.1. The summed E-state index contributed by atoms with van der Waals surface area (Å²) in [5.74, 6) is -6.14. The van der Waals surface area contributed by atoms with E-state index in [9.17, 15) is 75.7 Å². The van der Waals surface area contributed by atoms with Crippen molar-refractivity contribution < 1.29 is 104 Å². The van der Waals surface area contributed by atoms with E-state index in [2.05, 4.69) is 36.6 Å². The van der Waals surface area contributed by atoms with Crippen LogP contribution in [0.25, 0.3) is 0 Å². The van der Waals surface area contributed by atoms with Gasteiger partial charge in [-0.3, -0.25) is 9.59 Å². The molecule has 90 heavy (non-hydrogen) atoms. The highest BCUT2D eigenvalue weighted by molar-refractivity contribution is 5.77. The molecular formula is C67H122N2O21. The molecule has 0 radical (unpaired) electrons. The highest BCUT2D eigenvalue weighted by atomic mass is 16.8. The van der Waals surface area contributed by atoms with Crippen LogP contribution < -0.4 is 10.6 Å². The van der Waals surface area contributed by atoms with Crippen LogP contribution in [0.1, 0.15) is 245 Å². The van der Waals surface area contributed by atoms with Crippen molar-refractivity contribution >= 4 is 17.8 Å². The van der Waals surface area contributed by atoms with Crippen LogP contribution in [0.15, 0.2) is 24.3 Å². The van der Waals surface area contributed by atoms with Gasteiger partial charge in [0.1, 0.15) is 67.1 Å². The Morgan fingerprint density at radius 2 is 1.04 bits per heavy atom. The molecule has 0 spiro atoms. The monoisotopic (exact) mass is 1290 g/mol. The minimum Gasteiger partial charge on any atom is -0.477 e. The highest BCUT2D eigenvalue weighted by Gasteiger charge is 2.60. The molecule has 526 valence electrons. The fraction of sp³-hybridized carbons (Fsp3) is 0.896. The highest BCUT2D eigenvalue weighted by Crippen LogP contribution is 2.39.